The van der Waals surface area contributed by atoms with E-state index < -0.39 is 0 Å². The van der Waals surface area contributed by atoms with Gasteiger partial charge in [0.25, 0.3) is 0 Å². The van der Waals surface area contributed by atoms with Crippen LogP contribution in [0.4, 0.5) is 5.69 Å². The van der Waals surface area contributed by atoms with Crippen LogP contribution in [0.1, 0.15) is 26.7 Å². The lowest BCUT2D eigenvalue weighted by molar-refractivity contribution is -0.0495. The average molecular weight is 346 g/mol. The summed E-state index contributed by atoms with van der Waals surface area (Å²) in [5.74, 6) is 2.22. The number of benzene rings is 2. The Morgan fingerprint density at radius 1 is 1.04 bits per heavy atom. The zero-order valence-electron chi connectivity index (χ0n) is 14.2. The molecule has 3 rings (SSSR count). The van der Waals surface area contributed by atoms with Gasteiger partial charge >= 0.3 is 0 Å². The lowest BCUT2D eigenvalue weighted by atomic mass is 9.92. The summed E-state index contributed by atoms with van der Waals surface area (Å²) < 4.78 is 11.8. The molecule has 2 aromatic rings. The first-order valence-corrected chi connectivity index (χ1v) is 8.89. The van der Waals surface area contributed by atoms with Crippen LogP contribution in [0, 0.1) is 5.92 Å². The molecule has 3 atom stereocenters. The summed E-state index contributed by atoms with van der Waals surface area (Å²) in [6.07, 6.45) is 2.86. The summed E-state index contributed by atoms with van der Waals surface area (Å²) in [6, 6.07) is 15.4. The smallest absolute Gasteiger partial charge is 0.150 e. The maximum atomic E-state index is 6.00. The molecule has 1 heterocycles. The molecule has 1 aliphatic heterocycles. The number of rotatable bonds is 5. The third-order valence-electron chi connectivity index (χ3n) is 4.30. The summed E-state index contributed by atoms with van der Waals surface area (Å²) in [7, 11) is 0. The second-order valence-electron chi connectivity index (χ2n) is 6.53. The molecule has 1 aliphatic rings. The molecule has 0 amide bonds. The largest absolute Gasteiger partial charge is 0.455 e. The summed E-state index contributed by atoms with van der Waals surface area (Å²) in [5.41, 5.74) is 1.01. The van der Waals surface area contributed by atoms with Crippen molar-refractivity contribution < 1.29 is 9.47 Å². The highest BCUT2D eigenvalue weighted by Crippen LogP contribution is 2.31. The molecule has 1 saturated heterocycles. The third kappa shape index (κ3) is 4.65. The topological polar surface area (TPSA) is 30.5 Å². The Balaban J connectivity index is 1.64. The highest BCUT2D eigenvalue weighted by Gasteiger charge is 2.24. The Morgan fingerprint density at radius 2 is 1.71 bits per heavy atom. The summed E-state index contributed by atoms with van der Waals surface area (Å²) in [5, 5.41) is 4.25. The molecule has 0 spiro atoms. The molecule has 0 aromatic heterocycles. The highest BCUT2D eigenvalue weighted by molar-refractivity contribution is 6.30. The van der Waals surface area contributed by atoms with Gasteiger partial charge in [-0.3, -0.25) is 0 Å². The molecule has 4 heteroatoms. The molecule has 1 unspecified atom stereocenters. The molecule has 128 valence electrons. The van der Waals surface area contributed by atoms with Crippen LogP contribution in [0.25, 0.3) is 0 Å². The van der Waals surface area contributed by atoms with Crippen LogP contribution in [0.5, 0.6) is 11.5 Å². The van der Waals surface area contributed by atoms with E-state index in [9.17, 15) is 0 Å². The Hall–Kier alpha value is -1.71. The number of anilines is 1. The molecule has 1 fully saturated rings. The SMILES string of the molecule is C[C@@H]1CC(CNc2ccccc2Oc2ccc(Cl)cc2)C[C@H](C)O1. The Labute approximate surface area is 148 Å². The summed E-state index contributed by atoms with van der Waals surface area (Å²) in [6.45, 7) is 5.24. The Kier molecular flexibility index (Phi) is 5.64. The van der Waals surface area contributed by atoms with Crippen molar-refractivity contribution in [1.82, 2.24) is 0 Å². The Bertz CT molecular complexity index is 649. The number of nitrogens with one attached hydrogen (secondary N) is 1. The van der Waals surface area contributed by atoms with Crippen LogP contribution in [0.15, 0.2) is 48.5 Å². The molecule has 0 aliphatic carbocycles. The lowest BCUT2D eigenvalue weighted by Gasteiger charge is -2.32. The van der Waals surface area contributed by atoms with Gasteiger partial charge in [-0.25, -0.2) is 0 Å². The van der Waals surface area contributed by atoms with Crippen molar-refractivity contribution in [3.05, 3.63) is 53.6 Å². The quantitative estimate of drug-likeness (QED) is 0.748. The summed E-state index contributed by atoms with van der Waals surface area (Å²) >= 11 is 5.93. The number of para-hydroxylation sites is 2. The van der Waals surface area contributed by atoms with E-state index in [-0.39, 0.29) is 0 Å². The van der Waals surface area contributed by atoms with E-state index in [4.69, 9.17) is 21.1 Å². The van der Waals surface area contributed by atoms with Crippen molar-refractivity contribution >= 4 is 17.3 Å². The fourth-order valence-electron chi connectivity index (χ4n) is 3.29. The van der Waals surface area contributed by atoms with Gasteiger partial charge in [-0.15, -0.1) is 0 Å². The van der Waals surface area contributed by atoms with Crippen molar-refractivity contribution in [2.75, 3.05) is 11.9 Å². The van der Waals surface area contributed by atoms with Crippen molar-refractivity contribution in [2.45, 2.75) is 38.9 Å². The highest BCUT2D eigenvalue weighted by atomic mass is 35.5. The van der Waals surface area contributed by atoms with E-state index >= 15 is 0 Å². The van der Waals surface area contributed by atoms with Crippen LogP contribution in [0.2, 0.25) is 5.02 Å². The lowest BCUT2D eigenvalue weighted by Crippen LogP contribution is -2.32. The minimum atomic E-state index is 0.334. The molecular weight excluding hydrogens is 322 g/mol. The van der Waals surface area contributed by atoms with Gasteiger partial charge < -0.3 is 14.8 Å². The van der Waals surface area contributed by atoms with E-state index in [2.05, 4.69) is 25.2 Å². The molecule has 1 N–H and O–H groups in total. The number of hydrogen-bond donors (Lipinski definition) is 1. The molecular formula is C20H24ClNO2. The first-order chi connectivity index (χ1) is 11.6. The predicted octanol–water partition coefficient (Wildman–Crippen LogP) is 5.75. The zero-order valence-corrected chi connectivity index (χ0v) is 14.9. The first-order valence-electron chi connectivity index (χ1n) is 8.52. The Morgan fingerprint density at radius 3 is 2.42 bits per heavy atom. The van der Waals surface area contributed by atoms with Gasteiger partial charge in [0.05, 0.1) is 17.9 Å². The molecule has 24 heavy (non-hydrogen) atoms. The van der Waals surface area contributed by atoms with E-state index in [1.54, 1.807) is 0 Å². The van der Waals surface area contributed by atoms with Gasteiger partial charge in [-0.05, 0) is 69.0 Å². The van der Waals surface area contributed by atoms with Crippen LogP contribution in [-0.4, -0.2) is 18.8 Å². The fraction of sp³-hybridized carbons (Fsp3) is 0.400. The zero-order chi connectivity index (χ0) is 16.9. The number of halogens is 1. The molecule has 0 saturated carbocycles. The van der Waals surface area contributed by atoms with Crippen molar-refractivity contribution in [3.8, 4) is 11.5 Å². The fourth-order valence-corrected chi connectivity index (χ4v) is 3.42. The van der Waals surface area contributed by atoms with Gasteiger partial charge in [-0.2, -0.15) is 0 Å². The first kappa shape index (κ1) is 17.1. The maximum absolute atomic E-state index is 6.00. The number of hydrogen-bond acceptors (Lipinski definition) is 3. The van der Waals surface area contributed by atoms with Gasteiger partial charge in [0, 0.05) is 11.6 Å². The second kappa shape index (κ2) is 7.91. The normalized spacial score (nSPS) is 23.7. The van der Waals surface area contributed by atoms with E-state index in [1.165, 1.54) is 0 Å². The van der Waals surface area contributed by atoms with Crippen molar-refractivity contribution in [1.29, 1.82) is 0 Å². The van der Waals surface area contributed by atoms with E-state index in [0.717, 1.165) is 36.6 Å². The minimum Gasteiger partial charge on any atom is -0.455 e. The predicted molar refractivity (Wildman–Crippen MR) is 99.2 cm³/mol. The average Bonchev–Trinajstić information content (AvgIpc) is 2.55. The summed E-state index contributed by atoms with van der Waals surface area (Å²) in [4.78, 5) is 0. The van der Waals surface area contributed by atoms with E-state index in [0.29, 0.717) is 23.1 Å². The number of ether oxygens (including phenoxy) is 2. The van der Waals surface area contributed by atoms with Crippen LogP contribution in [-0.2, 0) is 4.74 Å². The standard InChI is InChI=1S/C20H24ClNO2/c1-14-11-16(12-15(2)23-14)13-22-19-5-3-4-6-20(19)24-18-9-7-17(21)8-10-18/h3-10,14-16,22H,11-13H2,1-2H3/t14-,15+,16?. The van der Waals surface area contributed by atoms with Crippen LogP contribution >= 0.6 is 11.6 Å². The van der Waals surface area contributed by atoms with Gasteiger partial charge in [-0.1, -0.05) is 23.7 Å². The van der Waals surface area contributed by atoms with Gasteiger partial charge in [0.1, 0.15) is 5.75 Å². The van der Waals surface area contributed by atoms with Crippen molar-refractivity contribution in [3.63, 3.8) is 0 Å². The monoisotopic (exact) mass is 345 g/mol. The maximum Gasteiger partial charge on any atom is 0.150 e. The van der Waals surface area contributed by atoms with Gasteiger partial charge in [0.2, 0.25) is 0 Å². The molecule has 0 radical (unpaired) electrons. The second-order valence-corrected chi connectivity index (χ2v) is 6.96. The molecule has 0 bridgehead atoms. The van der Waals surface area contributed by atoms with E-state index in [1.807, 2.05) is 42.5 Å². The van der Waals surface area contributed by atoms with Crippen LogP contribution in [0.3, 0.4) is 0 Å². The molecule has 3 nitrogen and oxygen atoms in total. The molecule has 2 aromatic carbocycles. The van der Waals surface area contributed by atoms with Gasteiger partial charge in [0.15, 0.2) is 5.75 Å². The van der Waals surface area contributed by atoms with Crippen molar-refractivity contribution in [2.24, 2.45) is 5.92 Å². The van der Waals surface area contributed by atoms with Crippen LogP contribution < -0.4 is 10.1 Å². The third-order valence-corrected chi connectivity index (χ3v) is 4.56. The minimum absolute atomic E-state index is 0.334.